The highest BCUT2D eigenvalue weighted by Crippen LogP contribution is 2.55. The van der Waals surface area contributed by atoms with Crippen molar-refractivity contribution in [3.8, 4) is 0 Å². The third-order valence-corrected chi connectivity index (χ3v) is 6.98. The minimum Gasteiger partial charge on any atom is -0.390 e. The van der Waals surface area contributed by atoms with Crippen molar-refractivity contribution in [2.24, 2.45) is 23.7 Å². The van der Waals surface area contributed by atoms with Gasteiger partial charge in [-0.3, -0.25) is 0 Å². The van der Waals surface area contributed by atoms with Crippen molar-refractivity contribution in [1.29, 1.82) is 0 Å². The van der Waals surface area contributed by atoms with E-state index in [4.69, 9.17) is 4.74 Å². The number of ether oxygens (including phenoxy) is 1. The molecule has 8 atom stereocenters. The highest BCUT2D eigenvalue weighted by Gasteiger charge is 2.58. The van der Waals surface area contributed by atoms with Crippen LogP contribution in [-0.2, 0) is 4.74 Å². The molecule has 3 N–H and O–H groups in total. The molecular weight excluding hydrogens is 304 g/mol. The minimum absolute atomic E-state index is 0.166. The molecule has 3 rings (SSSR count). The van der Waals surface area contributed by atoms with E-state index >= 15 is 0 Å². The lowest BCUT2D eigenvalue weighted by atomic mass is 9.60. The maximum absolute atomic E-state index is 11.2. The molecule has 0 aromatic carbocycles. The second-order valence-corrected chi connectivity index (χ2v) is 9.28. The second kappa shape index (κ2) is 6.08. The van der Waals surface area contributed by atoms with E-state index in [1.54, 1.807) is 6.92 Å². The van der Waals surface area contributed by atoms with Crippen molar-refractivity contribution in [3.05, 3.63) is 12.2 Å². The summed E-state index contributed by atoms with van der Waals surface area (Å²) in [5, 5.41) is 32.3. The van der Waals surface area contributed by atoms with Gasteiger partial charge in [-0.15, -0.1) is 0 Å². The second-order valence-electron chi connectivity index (χ2n) is 9.28. The summed E-state index contributed by atoms with van der Waals surface area (Å²) in [5.41, 5.74) is -1.01. The molecule has 4 nitrogen and oxygen atoms in total. The highest BCUT2D eigenvalue weighted by atomic mass is 16.5. The fourth-order valence-corrected chi connectivity index (χ4v) is 5.48. The van der Waals surface area contributed by atoms with Crippen LogP contribution in [0.3, 0.4) is 0 Å². The van der Waals surface area contributed by atoms with Gasteiger partial charge in [-0.2, -0.15) is 0 Å². The van der Waals surface area contributed by atoms with Crippen LogP contribution in [0.4, 0.5) is 0 Å². The molecule has 4 heteroatoms. The Balaban J connectivity index is 2.02. The molecule has 1 saturated carbocycles. The summed E-state index contributed by atoms with van der Waals surface area (Å²) in [6, 6.07) is 0. The summed E-state index contributed by atoms with van der Waals surface area (Å²) in [7, 11) is 0. The van der Waals surface area contributed by atoms with Crippen LogP contribution in [-0.4, -0.2) is 44.8 Å². The fraction of sp³-hybridized carbons (Fsp3) is 0.900. The first-order valence-electron chi connectivity index (χ1n) is 9.50. The molecule has 2 bridgehead atoms. The van der Waals surface area contributed by atoms with E-state index in [1.807, 2.05) is 6.92 Å². The van der Waals surface area contributed by atoms with E-state index in [0.717, 1.165) is 12.8 Å². The van der Waals surface area contributed by atoms with Gasteiger partial charge in [0.2, 0.25) is 0 Å². The molecule has 3 aliphatic rings. The Morgan fingerprint density at radius 2 is 1.83 bits per heavy atom. The van der Waals surface area contributed by atoms with E-state index in [-0.39, 0.29) is 24.0 Å². The van der Waals surface area contributed by atoms with Crippen LogP contribution >= 0.6 is 0 Å². The number of hydrogen-bond donors (Lipinski definition) is 3. The zero-order chi connectivity index (χ0) is 17.9. The summed E-state index contributed by atoms with van der Waals surface area (Å²) in [6.45, 7) is 12.3. The molecule has 1 aliphatic carbocycles. The van der Waals surface area contributed by atoms with Crippen molar-refractivity contribution < 1.29 is 20.1 Å². The fourth-order valence-electron chi connectivity index (χ4n) is 5.48. The van der Waals surface area contributed by atoms with Crippen LogP contribution in [0.15, 0.2) is 12.2 Å². The van der Waals surface area contributed by atoms with Crippen LogP contribution < -0.4 is 0 Å². The molecule has 0 aromatic rings. The average molecular weight is 338 g/mol. The number of hydrogen-bond acceptors (Lipinski definition) is 4. The van der Waals surface area contributed by atoms with Gasteiger partial charge >= 0.3 is 0 Å². The lowest BCUT2D eigenvalue weighted by Gasteiger charge is -2.44. The van der Waals surface area contributed by atoms with Crippen molar-refractivity contribution in [2.75, 3.05) is 0 Å². The van der Waals surface area contributed by atoms with Gasteiger partial charge in [0, 0.05) is 12.3 Å². The van der Waals surface area contributed by atoms with Crippen molar-refractivity contribution in [2.45, 2.75) is 89.3 Å². The quantitative estimate of drug-likeness (QED) is 0.643. The predicted octanol–water partition coefficient (Wildman–Crippen LogP) is 2.66. The number of fused-ring (bicyclic) bond motifs is 5. The molecule has 0 radical (unpaired) electrons. The predicted molar refractivity (Wildman–Crippen MR) is 93.4 cm³/mol. The van der Waals surface area contributed by atoms with Gasteiger partial charge in [0.25, 0.3) is 0 Å². The maximum Gasteiger partial charge on any atom is 0.0902 e. The van der Waals surface area contributed by atoms with Crippen LogP contribution in [0.5, 0.6) is 0 Å². The minimum atomic E-state index is -1.20. The molecule has 2 aliphatic heterocycles. The first-order chi connectivity index (χ1) is 11.0. The molecule has 0 spiro atoms. The Morgan fingerprint density at radius 1 is 1.17 bits per heavy atom. The van der Waals surface area contributed by atoms with Gasteiger partial charge < -0.3 is 20.1 Å². The topological polar surface area (TPSA) is 69.9 Å². The van der Waals surface area contributed by atoms with Crippen LogP contribution in [0.25, 0.3) is 0 Å². The Labute approximate surface area is 145 Å². The largest absolute Gasteiger partial charge is 0.390 e. The normalized spacial score (nSPS) is 52.6. The average Bonchev–Trinajstić information content (AvgIpc) is 2.85. The standard InChI is InChI=1S/C20H34O4/c1-11(2)13-7-6-12(3)16-14-10-20(5,23)15(21)8-9-19(4,22)18(24-14)17(13)16/h11,13-18,21-23H,3,6-10H2,1-2,4-5H3/t13-,14-,15+,16-,17-,18-,19-,20+/m1/s1. The lowest BCUT2D eigenvalue weighted by molar-refractivity contribution is -0.120. The monoisotopic (exact) mass is 338 g/mol. The molecule has 0 unspecified atom stereocenters. The summed E-state index contributed by atoms with van der Waals surface area (Å²) in [4.78, 5) is 0. The molecule has 3 fully saturated rings. The zero-order valence-corrected chi connectivity index (χ0v) is 15.5. The summed E-state index contributed by atoms with van der Waals surface area (Å²) in [5.74, 6) is 1.44. The lowest BCUT2D eigenvalue weighted by Crippen LogP contribution is -2.50. The van der Waals surface area contributed by atoms with E-state index in [0.29, 0.717) is 31.1 Å². The van der Waals surface area contributed by atoms with E-state index in [2.05, 4.69) is 20.4 Å². The smallest absolute Gasteiger partial charge is 0.0902 e. The number of aliphatic hydroxyl groups is 3. The van der Waals surface area contributed by atoms with E-state index in [1.165, 1.54) is 5.57 Å². The molecule has 2 saturated heterocycles. The third-order valence-electron chi connectivity index (χ3n) is 6.98. The van der Waals surface area contributed by atoms with Gasteiger partial charge in [-0.1, -0.05) is 26.0 Å². The van der Waals surface area contributed by atoms with Crippen LogP contribution in [0.2, 0.25) is 0 Å². The van der Waals surface area contributed by atoms with Crippen LogP contribution in [0, 0.1) is 23.7 Å². The Kier molecular flexibility index (Phi) is 4.66. The SMILES string of the molecule is C=C1CC[C@H](C(C)C)[C@@H]2[C@H]1[C@H]1C[C@](C)(O)[C@@H](O)CC[C@@](C)(O)[C@@H]2O1. The van der Waals surface area contributed by atoms with Gasteiger partial charge in [-0.25, -0.2) is 0 Å². The maximum atomic E-state index is 11.2. The summed E-state index contributed by atoms with van der Waals surface area (Å²) in [6.07, 6.45) is 2.03. The molecule has 0 amide bonds. The van der Waals surface area contributed by atoms with Gasteiger partial charge in [0.1, 0.15) is 0 Å². The number of aliphatic hydroxyl groups excluding tert-OH is 1. The third kappa shape index (κ3) is 2.96. The molecular formula is C20H34O4. The highest BCUT2D eigenvalue weighted by molar-refractivity contribution is 5.18. The molecule has 2 heterocycles. The molecule has 0 aromatic heterocycles. The first kappa shape index (κ1) is 18.4. The summed E-state index contributed by atoms with van der Waals surface area (Å²) >= 11 is 0. The van der Waals surface area contributed by atoms with Crippen LogP contribution in [0.1, 0.15) is 59.8 Å². The van der Waals surface area contributed by atoms with Crippen molar-refractivity contribution >= 4 is 0 Å². The van der Waals surface area contributed by atoms with E-state index in [9.17, 15) is 15.3 Å². The summed E-state index contributed by atoms with van der Waals surface area (Å²) < 4.78 is 6.40. The Bertz CT molecular complexity index is 496. The van der Waals surface area contributed by atoms with E-state index < -0.39 is 17.3 Å². The Hall–Kier alpha value is -0.420. The van der Waals surface area contributed by atoms with Crippen molar-refractivity contribution in [1.82, 2.24) is 0 Å². The number of rotatable bonds is 1. The van der Waals surface area contributed by atoms with Gasteiger partial charge in [-0.05, 0) is 57.3 Å². The Morgan fingerprint density at radius 3 is 2.46 bits per heavy atom. The molecule has 138 valence electrons. The first-order valence-corrected chi connectivity index (χ1v) is 9.50. The van der Waals surface area contributed by atoms with Gasteiger partial charge in [0.05, 0.1) is 29.5 Å². The van der Waals surface area contributed by atoms with Crippen molar-refractivity contribution in [3.63, 3.8) is 0 Å². The zero-order valence-electron chi connectivity index (χ0n) is 15.5. The van der Waals surface area contributed by atoms with Gasteiger partial charge in [0.15, 0.2) is 0 Å². The molecule has 24 heavy (non-hydrogen) atoms.